The van der Waals surface area contributed by atoms with Crippen LogP contribution in [-0.4, -0.2) is 46.1 Å². The van der Waals surface area contributed by atoms with E-state index in [1.165, 1.54) is 23.2 Å². The summed E-state index contributed by atoms with van der Waals surface area (Å²) in [5, 5.41) is 1.10. The molecule has 24 heavy (non-hydrogen) atoms. The number of nitrogens with zero attached hydrogens (tertiary/aromatic N) is 6. The van der Waals surface area contributed by atoms with E-state index in [9.17, 15) is 0 Å². The van der Waals surface area contributed by atoms with Gasteiger partial charge >= 0.3 is 0 Å². The van der Waals surface area contributed by atoms with Crippen LogP contribution >= 0.6 is 11.3 Å². The molecule has 0 N–H and O–H groups in total. The van der Waals surface area contributed by atoms with Gasteiger partial charge in [0.25, 0.3) is 0 Å². The fourth-order valence-corrected chi connectivity index (χ4v) is 4.15. The Hall–Kier alpha value is -2.28. The van der Waals surface area contributed by atoms with Gasteiger partial charge in [-0.2, -0.15) is 0 Å². The van der Waals surface area contributed by atoms with Crippen molar-refractivity contribution in [1.29, 1.82) is 0 Å². The van der Waals surface area contributed by atoms with E-state index in [1.54, 1.807) is 17.7 Å². The molecule has 122 valence electrons. The van der Waals surface area contributed by atoms with Crippen LogP contribution in [0.2, 0.25) is 0 Å². The van der Waals surface area contributed by atoms with E-state index in [0.29, 0.717) is 5.92 Å². The zero-order chi connectivity index (χ0) is 15.9. The highest BCUT2D eigenvalue weighted by molar-refractivity contribution is 7.22. The highest BCUT2D eigenvalue weighted by Crippen LogP contribution is 2.39. The van der Waals surface area contributed by atoms with Gasteiger partial charge in [0, 0.05) is 50.1 Å². The molecule has 3 aromatic rings. The summed E-state index contributed by atoms with van der Waals surface area (Å²) >= 11 is 1.75. The van der Waals surface area contributed by atoms with Gasteiger partial charge in [0.1, 0.15) is 17.7 Å². The van der Waals surface area contributed by atoms with E-state index in [4.69, 9.17) is 4.98 Å². The van der Waals surface area contributed by atoms with E-state index in [0.717, 1.165) is 42.6 Å². The minimum atomic E-state index is 0.671. The van der Waals surface area contributed by atoms with E-state index >= 15 is 0 Å². The fourth-order valence-electron chi connectivity index (χ4n) is 3.17. The van der Waals surface area contributed by atoms with Crippen LogP contribution < -0.4 is 9.80 Å². The third-order valence-electron chi connectivity index (χ3n) is 4.72. The number of fused-ring (bicyclic) bond motifs is 1. The van der Waals surface area contributed by atoms with Crippen molar-refractivity contribution < 1.29 is 0 Å². The number of piperazine rings is 1. The summed E-state index contributed by atoms with van der Waals surface area (Å²) in [6.45, 7) is 3.87. The van der Waals surface area contributed by atoms with Crippen molar-refractivity contribution in [2.45, 2.75) is 18.8 Å². The summed E-state index contributed by atoms with van der Waals surface area (Å²) in [6, 6.07) is 4.21. The van der Waals surface area contributed by atoms with Crippen LogP contribution in [0.4, 0.5) is 10.9 Å². The van der Waals surface area contributed by atoms with Gasteiger partial charge in [-0.1, -0.05) is 11.3 Å². The number of anilines is 2. The van der Waals surface area contributed by atoms with Crippen molar-refractivity contribution in [3.63, 3.8) is 0 Å². The minimum absolute atomic E-state index is 0.671. The summed E-state index contributed by atoms with van der Waals surface area (Å²) in [4.78, 5) is 22.5. The standard InChI is InChI=1S/C17H18N6S/c1-2-12(1)13-9-16(20-11-19-13)22-5-7-23(8-6-22)17-21-14-10-18-4-3-15(14)24-17/h3-4,9-12H,1-2,5-8H2. The lowest BCUT2D eigenvalue weighted by Gasteiger charge is -2.35. The first-order valence-corrected chi connectivity index (χ1v) is 9.21. The van der Waals surface area contributed by atoms with Crippen molar-refractivity contribution in [2.24, 2.45) is 0 Å². The van der Waals surface area contributed by atoms with Gasteiger partial charge < -0.3 is 9.80 Å². The first-order valence-electron chi connectivity index (χ1n) is 8.39. The SMILES string of the molecule is c1cc2sc(N3CCN(c4cc(C5CC5)ncn4)CC3)nc2cn1. The Morgan fingerprint density at radius 3 is 2.67 bits per heavy atom. The Balaban J connectivity index is 1.31. The monoisotopic (exact) mass is 338 g/mol. The Kier molecular flexibility index (Phi) is 3.33. The quantitative estimate of drug-likeness (QED) is 0.732. The second-order valence-electron chi connectivity index (χ2n) is 6.39. The predicted molar refractivity (Wildman–Crippen MR) is 95.8 cm³/mol. The molecule has 0 unspecified atom stereocenters. The Bertz CT molecular complexity index is 833. The number of rotatable bonds is 3. The summed E-state index contributed by atoms with van der Waals surface area (Å²) < 4.78 is 1.20. The predicted octanol–water partition coefficient (Wildman–Crippen LogP) is 2.69. The molecule has 0 spiro atoms. The number of hydrogen-bond donors (Lipinski definition) is 0. The Labute approximate surface area is 144 Å². The molecule has 1 saturated carbocycles. The van der Waals surface area contributed by atoms with Crippen LogP contribution in [0.25, 0.3) is 10.2 Å². The normalized spacial score (nSPS) is 18.3. The third-order valence-corrected chi connectivity index (χ3v) is 5.82. The summed E-state index contributed by atoms with van der Waals surface area (Å²) in [5.74, 6) is 1.74. The lowest BCUT2D eigenvalue weighted by Crippen LogP contribution is -2.46. The van der Waals surface area contributed by atoms with Gasteiger partial charge in [-0.15, -0.1) is 0 Å². The molecule has 0 amide bonds. The molecular formula is C17H18N6S. The smallest absolute Gasteiger partial charge is 0.186 e. The molecule has 0 aromatic carbocycles. The second kappa shape index (κ2) is 5.66. The van der Waals surface area contributed by atoms with Crippen molar-refractivity contribution in [2.75, 3.05) is 36.0 Å². The molecular weight excluding hydrogens is 320 g/mol. The van der Waals surface area contributed by atoms with Gasteiger partial charge in [0.05, 0.1) is 10.9 Å². The van der Waals surface area contributed by atoms with Gasteiger partial charge in [-0.25, -0.2) is 15.0 Å². The molecule has 0 bridgehead atoms. The first kappa shape index (κ1) is 14.1. The van der Waals surface area contributed by atoms with Crippen molar-refractivity contribution in [3.05, 3.63) is 36.5 Å². The van der Waals surface area contributed by atoms with Crippen LogP contribution in [0.3, 0.4) is 0 Å². The minimum Gasteiger partial charge on any atom is -0.353 e. The molecule has 1 aliphatic heterocycles. The molecule has 3 aromatic heterocycles. The summed E-state index contributed by atoms with van der Waals surface area (Å²) in [7, 11) is 0. The number of hydrogen-bond acceptors (Lipinski definition) is 7. The molecule has 5 rings (SSSR count). The molecule has 2 fully saturated rings. The van der Waals surface area contributed by atoms with Crippen LogP contribution in [-0.2, 0) is 0 Å². The van der Waals surface area contributed by atoms with Gasteiger partial charge in [-0.3, -0.25) is 4.98 Å². The zero-order valence-electron chi connectivity index (χ0n) is 13.3. The van der Waals surface area contributed by atoms with Crippen LogP contribution in [0, 0.1) is 0 Å². The van der Waals surface area contributed by atoms with E-state index in [-0.39, 0.29) is 0 Å². The largest absolute Gasteiger partial charge is 0.353 e. The average Bonchev–Trinajstić information content (AvgIpc) is 3.41. The number of aromatic nitrogens is 4. The zero-order valence-corrected chi connectivity index (χ0v) is 14.1. The highest BCUT2D eigenvalue weighted by Gasteiger charge is 2.27. The lowest BCUT2D eigenvalue weighted by molar-refractivity contribution is 0.645. The van der Waals surface area contributed by atoms with Crippen molar-refractivity contribution >= 4 is 32.5 Å². The Morgan fingerprint density at radius 1 is 1.04 bits per heavy atom. The number of pyridine rings is 1. The maximum absolute atomic E-state index is 4.72. The van der Waals surface area contributed by atoms with Crippen molar-refractivity contribution in [3.8, 4) is 0 Å². The van der Waals surface area contributed by atoms with Crippen LogP contribution in [0.15, 0.2) is 30.9 Å². The van der Waals surface area contributed by atoms with Crippen LogP contribution in [0.1, 0.15) is 24.5 Å². The second-order valence-corrected chi connectivity index (χ2v) is 7.40. The molecule has 4 heterocycles. The van der Waals surface area contributed by atoms with E-state index in [2.05, 4.69) is 30.8 Å². The summed E-state index contributed by atoms with van der Waals surface area (Å²) in [5.41, 5.74) is 2.20. The average molecular weight is 338 g/mol. The third kappa shape index (κ3) is 2.58. The van der Waals surface area contributed by atoms with Crippen molar-refractivity contribution in [1.82, 2.24) is 19.9 Å². The van der Waals surface area contributed by atoms with E-state index < -0.39 is 0 Å². The first-order chi connectivity index (χ1) is 11.9. The van der Waals surface area contributed by atoms with E-state index in [1.807, 2.05) is 18.5 Å². The molecule has 1 saturated heterocycles. The molecule has 0 radical (unpaired) electrons. The lowest BCUT2D eigenvalue weighted by atomic mass is 10.2. The maximum atomic E-state index is 4.72. The Morgan fingerprint density at radius 2 is 1.88 bits per heavy atom. The molecule has 0 atom stereocenters. The van der Waals surface area contributed by atoms with Crippen LogP contribution in [0.5, 0.6) is 0 Å². The summed E-state index contributed by atoms with van der Waals surface area (Å²) in [6.07, 6.45) is 7.93. The fraction of sp³-hybridized carbons (Fsp3) is 0.412. The number of thiazole rings is 1. The molecule has 7 heteroatoms. The maximum Gasteiger partial charge on any atom is 0.186 e. The highest BCUT2D eigenvalue weighted by atomic mass is 32.1. The molecule has 2 aliphatic rings. The topological polar surface area (TPSA) is 58.0 Å². The van der Waals surface area contributed by atoms with Gasteiger partial charge in [-0.05, 0) is 18.9 Å². The van der Waals surface area contributed by atoms with Gasteiger partial charge in [0.2, 0.25) is 0 Å². The molecule has 1 aliphatic carbocycles. The van der Waals surface area contributed by atoms with Gasteiger partial charge in [0.15, 0.2) is 5.13 Å². The molecule has 6 nitrogen and oxygen atoms in total.